The number of hydrogen-bond donors (Lipinski definition) is 1. The highest BCUT2D eigenvalue weighted by atomic mass is 19.1. The first-order valence-corrected chi connectivity index (χ1v) is 6.77. The van der Waals surface area contributed by atoms with Gasteiger partial charge in [0.15, 0.2) is 0 Å². The van der Waals surface area contributed by atoms with Crippen LogP contribution in [0.4, 0.5) is 8.78 Å². The maximum Gasteiger partial charge on any atom is 0.142 e. The maximum atomic E-state index is 13.6. The van der Waals surface area contributed by atoms with E-state index in [-0.39, 0.29) is 17.8 Å². The van der Waals surface area contributed by atoms with E-state index in [9.17, 15) is 13.6 Å². The second-order valence-electron chi connectivity index (χ2n) is 5.07. The fourth-order valence-electron chi connectivity index (χ4n) is 2.20. The molecular weight excluding hydrogens is 272 g/mol. The molecule has 0 saturated carbocycles. The molecule has 2 atom stereocenters. The van der Waals surface area contributed by atoms with Crippen molar-refractivity contribution in [3.8, 4) is 0 Å². The third-order valence-electron chi connectivity index (χ3n) is 3.64. The van der Waals surface area contributed by atoms with E-state index in [4.69, 9.17) is 5.73 Å². The van der Waals surface area contributed by atoms with Crippen molar-refractivity contribution in [3.05, 3.63) is 71.3 Å². The molecule has 2 N–H and O–H groups in total. The number of halogens is 2. The Kier molecular flexibility index (Phi) is 4.81. The lowest BCUT2D eigenvalue weighted by molar-refractivity contribution is -0.122. The summed E-state index contributed by atoms with van der Waals surface area (Å²) in [6, 6.07) is 12.3. The highest BCUT2D eigenvalue weighted by molar-refractivity contribution is 5.83. The van der Waals surface area contributed by atoms with Crippen LogP contribution >= 0.6 is 0 Å². The van der Waals surface area contributed by atoms with Crippen LogP contribution in [0.5, 0.6) is 0 Å². The van der Waals surface area contributed by atoms with Gasteiger partial charge in [-0.15, -0.1) is 0 Å². The Hall–Kier alpha value is -2.07. The monoisotopic (exact) mass is 289 g/mol. The second kappa shape index (κ2) is 6.59. The Balaban J connectivity index is 2.13. The van der Waals surface area contributed by atoms with Gasteiger partial charge in [-0.3, -0.25) is 4.79 Å². The van der Waals surface area contributed by atoms with Gasteiger partial charge < -0.3 is 5.73 Å². The van der Waals surface area contributed by atoms with Crippen molar-refractivity contribution in [2.45, 2.75) is 19.4 Å². The van der Waals surface area contributed by atoms with E-state index in [0.29, 0.717) is 0 Å². The summed E-state index contributed by atoms with van der Waals surface area (Å²) in [5, 5.41) is 0. The minimum atomic E-state index is -0.705. The number of Topliss-reactive ketones (excluding diaryl/α,β-unsaturated/α-hetero) is 1. The molecule has 4 heteroatoms. The Morgan fingerprint density at radius 3 is 2.19 bits per heavy atom. The summed E-state index contributed by atoms with van der Waals surface area (Å²) in [5.74, 6) is -2.21. The van der Waals surface area contributed by atoms with Gasteiger partial charge in [0.05, 0.1) is 0 Å². The van der Waals surface area contributed by atoms with E-state index in [0.717, 1.165) is 17.7 Å². The molecule has 21 heavy (non-hydrogen) atoms. The maximum absolute atomic E-state index is 13.6. The number of nitrogens with two attached hydrogens (primary N) is 1. The summed E-state index contributed by atoms with van der Waals surface area (Å²) in [7, 11) is 0. The topological polar surface area (TPSA) is 43.1 Å². The molecule has 0 bridgehead atoms. The first-order chi connectivity index (χ1) is 10.0. The average Bonchev–Trinajstić information content (AvgIpc) is 2.50. The van der Waals surface area contributed by atoms with Crippen molar-refractivity contribution in [3.63, 3.8) is 0 Å². The molecule has 2 unspecified atom stereocenters. The quantitative estimate of drug-likeness (QED) is 0.916. The van der Waals surface area contributed by atoms with Gasteiger partial charge in [-0.25, -0.2) is 8.78 Å². The summed E-state index contributed by atoms with van der Waals surface area (Å²) in [6.07, 6.45) is -0.291. The molecule has 0 aliphatic rings. The van der Waals surface area contributed by atoms with Crippen LogP contribution in [0.15, 0.2) is 48.5 Å². The molecule has 0 amide bonds. The average molecular weight is 289 g/mol. The zero-order valence-electron chi connectivity index (χ0n) is 11.7. The summed E-state index contributed by atoms with van der Waals surface area (Å²) in [5.41, 5.74) is 6.69. The van der Waals surface area contributed by atoms with Gasteiger partial charge in [0.2, 0.25) is 0 Å². The third kappa shape index (κ3) is 3.52. The number of hydrogen-bond acceptors (Lipinski definition) is 2. The summed E-state index contributed by atoms with van der Waals surface area (Å²) in [6.45, 7) is 1.68. The van der Waals surface area contributed by atoms with Gasteiger partial charge in [0.25, 0.3) is 0 Å². The Morgan fingerprint density at radius 1 is 1.05 bits per heavy atom. The van der Waals surface area contributed by atoms with Gasteiger partial charge in [-0.2, -0.15) is 0 Å². The van der Waals surface area contributed by atoms with Gasteiger partial charge in [0, 0.05) is 23.9 Å². The molecule has 0 spiro atoms. The number of benzene rings is 2. The molecule has 0 fully saturated rings. The van der Waals surface area contributed by atoms with Crippen molar-refractivity contribution in [1.29, 1.82) is 0 Å². The van der Waals surface area contributed by atoms with Crippen molar-refractivity contribution in [2.75, 3.05) is 0 Å². The summed E-state index contributed by atoms with van der Waals surface area (Å²) >= 11 is 0. The van der Waals surface area contributed by atoms with E-state index >= 15 is 0 Å². The lowest BCUT2D eigenvalue weighted by atomic mass is 9.89. The molecule has 0 radical (unpaired) electrons. The Morgan fingerprint density at radius 2 is 1.62 bits per heavy atom. The summed E-state index contributed by atoms with van der Waals surface area (Å²) in [4.78, 5) is 12.2. The molecule has 2 aromatic rings. The second-order valence-corrected chi connectivity index (χ2v) is 5.07. The fourth-order valence-corrected chi connectivity index (χ4v) is 2.20. The number of carbonyl (C=O) groups excluding carboxylic acids is 1. The smallest absolute Gasteiger partial charge is 0.142 e. The van der Waals surface area contributed by atoms with Crippen LogP contribution < -0.4 is 5.73 Å². The van der Waals surface area contributed by atoms with Crippen molar-refractivity contribution in [2.24, 2.45) is 11.7 Å². The third-order valence-corrected chi connectivity index (χ3v) is 3.64. The number of ketones is 1. The lowest BCUT2D eigenvalue weighted by Gasteiger charge is -2.19. The van der Waals surface area contributed by atoms with Crippen LogP contribution in [-0.2, 0) is 11.2 Å². The van der Waals surface area contributed by atoms with Crippen molar-refractivity contribution >= 4 is 5.78 Å². The lowest BCUT2D eigenvalue weighted by Crippen LogP contribution is -2.27. The molecule has 0 saturated heterocycles. The predicted octanol–water partition coefficient (Wildman–Crippen LogP) is 3.41. The molecule has 2 rings (SSSR count). The Bertz CT molecular complexity index is 608. The van der Waals surface area contributed by atoms with Gasteiger partial charge in [-0.1, -0.05) is 43.3 Å². The first-order valence-electron chi connectivity index (χ1n) is 6.77. The highest BCUT2D eigenvalue weighted by Crippen LogP contribution is 2.22. The van der Waals surface area contributed by atoms with Crippen LogP contribution in [0.25, 0.3) is 0 Å². The largest absolute Gasteiger partial charge is 0.323 e. The van der Waals surface area contributed by atoms with Crippen LogP contribution in [0.1, 0.15) is 24.1 Å². The van der Waals surface area contributed by atoms with E-state index in [1.807, 2.05) is 30.3 Å². The summed E-state index contributed by atoms with van der Waals surface area (Å²) < 4.78 is 27.1. The van der Waals surface area contributed by atoms with Crippen LogP contribution in [0.3, 0.4) is 0 Å². The van der Waals surface area contributed by atoms with E-state index in [1.165, 1.54) is 6.07 Å². The van der Waals surface area contributed by atoms with Crippen LogP contribution in [-0.4, -0.2) is 5.78 Å². The van der Waals surface area contributed by atoms with Crippen LogP contribution in [0.2, 0.25) is 0 Å². The van der Waals surface area contributed by atoms with E-state index < -0.39 is 23.6 Å². The molecule has 0 aromatic heterocycles. The zero-order valence-corrected chi connectivity index (χ0v) is 11.7. The van der Waals surface area contributed by atoms with E-state index in [1.54, 1.807) is 6.92 Å². The molecule has 2 aromatic carbocycles. The van der Waals surface area contributed by atoms with E-state index in [2.05, 4.69) is 0 Å². The van der Waals surface area contributed by atoms with Gasteiger partial charge in [-0.05, 0) is 17.7 Å². The molecule has 0 aliphatic carbocycles. The zero-order chi connectivity index (χ0) is 15.4. The standard InChI is InChI=1S/C17H17F2NO/c1-11(17(20)12-6-3-2-4-7-12)16(21)10-13-14(18)8-5-9-15(13)19/h2-9,11,17H,10,20H2,1H3. The molecule has 0 heterocycles. The first kappa shape index (κ1) is 15.3. The minimum absolute atomic E-state index is 0.199. The normalized spacial score (nSPS) is 13.7. The highest BCUT2D eigenvalue weighted by Gasteiger charge is 2.24. The fraction of sp³-hybridized carbons (Fsp3) is 0.235. The Labute approximate surface area is 122 Å². The molecule has 2 nitrogen and oxygen atoms in total. The molecule has 0 aliphatic heterocycles. The minimum Gasteiger partial charge on any atom is -0.323 e. The van der Waals surface area contributed by atoms with Gasteiger partial charge >= 0.3 is 0 Å². The van der Waals surface area contributed by atoms with Gasteiger partial charge in [0.1, 0.15) is 17.4 Å². The molecule has 110 valence electrons. The molecular formula is C17H17F2NO. The number of carbonyl (C=O) groups is 1. The van der Waals surface area contributed by atoms with Crippen molar-refractivity contribution < 1.29 is 13.6 Å². The predicted molar refractivity (Wildman–Crippen MR) is 77.6 cm³/mol. The van der Waals surface area contributed by atoms with Crippen molar-refractivity contribution in [1.82, 2.24) is 0 Å². The number of rotatable bonds is 5. The SMILES string of the molecule is CC(C(=O)Cc1c(F)cccc1F)C(N)c1ccccc1. The van der Waals surface area contributed by atoms with Crippen LogP contribution in [0, 0.1) is 17.6 Å².